The largest absolute Gasteiger partial charge is 0.335 e. The standard InChI is InChI=1S/C39H45N/c1-37(2,3)40(35-20-14-12-17-29(35)27-15-9-8-10-16-27)36-26-34-32(30-18-11-13-19-33(30)39(34,6)7)25-31(36)28-21-23-38(4,5)24-22-28/h8-20,25-26,28H,21-24H2,1-7H3/i28D. The van der Waals surface area contributed by atoms with Crippen molar-refractivity contribution in [2.45, 2.75) is 91.0 Å². The number of anilines is 2. The van der Waals surface area contributed by atoms with Crippen LogP contribution >= 0.6 is 0 Å². The predicted octanol–water partition coefficient (Wildman–Crippen LogP) is 11.3. The fraction of sp³-hybridized carbons (Fsp3) is 0.385. The quantitative estimate of drug-likeness (QED) is 0.254. The molecule has 206 valence electrons. The Morgan fingerprint density at radius 1 is 0.675 bits per heavy atom. The van der Waals surface area contributed by atoms with Gasteiger partial charge in [0.15, 0.2) is 0 Å². The molecule has 1 fully saturated rings. The van der Waals surface area contributed by atoms with E-state index >= 15 is 0 Å². The highest BCUT2D eigenvalue weighted by Crippen LogP contribution is 2.55. The Morgan fingerprint density at radius 3 is 1.95 bits per heavy atom. The average molecular weight is 529 g/mol. The average Bonchev–Trinajstić information content (AvgIpc) is 3.16. The molecule has 2 aliphatic carbocycles. The summed E-state index contributed by atoms with van der Waals surface area (Å²) in [6, 6.07) is 33.3. The fourth-order valence-corrected chi connectivity index (χ4v) is 7.09. The number of fused-ring (bicyclic) bond motifs is 3. The van der Waals surface area contributed by atoms with Gasteiger partial charge in [-0.05, 0) is 109 Å². The van der Waals surface area contributed by atoms with Crippen LogP contribution in [0.15, 0.2) is 91.0 Å². The van der Waals surface area contributed by atoms with Crippen LogP contribution in [0.4, 0.5) is 11.4 Å². The van der Waals surface area contributed by atoms with Gasteiger partial charge in [-0.1, -0.05) is 100 Å². The topological polar surface area (TPSA) is 3.24 Å². The Kier molecular flexibility index (Phi) is 6.19. The molecule has 2 aliphatic rings. The van der Waals surface area contributed by atoms with Crippen LogP contribution in [0.3, 0.4) is 0 Å². The lowest BCUT2D eigenvalue weighted by molar-refractivity contribution is 0.224. The molecule has 0 heterocycles. The van der Waals surface area contributed by atoms with Crippen molar-refractivity contribution in [1.82, 2.24) is 0 Å². The lowest BCUT2D eigenvalue weighted by Crippen LogP contribution is -2.39. The summed E-state index contributed by atoms with van der Waals surface area (Å²) in [7, 11) is 0. The number of rotatable bonds is 4. The minimum atomic E-state index is -0.632. The van der Waals surface area contributed by atoms with Crippen LogP contribution in [0.1, 0.15) is 98.1 Å². The lowest BCUT2D eigenvalue weighted by Gasteiger charge is -2.43. The summed E-state index contributed by atoms with van der Waals surface area (Å²) >= 11 is 0. The van der Waals surface area contributed by atoms with E-state index in [4.69, 9.17) is 0 Å². The normalized spacial score (nSPS) is 18.9. The van der Waals surface area contributed by atoms with Gasteiger partial charge in [0.25, 0.3) is 0 Å². The van der Waals surface area contributed by atoms with Crippen LogP contribution in [-0.4, -0.2) is 5.54 Å². The highest BCUT2D eigenvalue weighted by atomic mass is 15.2. The van der Waals surface area contributed by atoms with Crippen LogP contribution in [0.2, 0.25) is 0 Å². The lowest BCUT2D eigenvalue weighted by atomic mass is 9.70. The molecule has 40 heavy (non-hydrogen) atoms. The molecule has 1 nitrogen and oxygen atoms in total. The predicted molar refractivity (Wildman–Crippen MR) is 173 cm³/mol. The number of benzene rings is 4. The molecule has 0 aliphatic heterocycles. The van der Waals surface area contributed by atoms with E-state index in [2.05, 4.69) is 144 Å². The van der Waals surface area contributed by atoms with E-state index < -0.39 is 5.89 Å². The van der Waals surface area contributed by atoms with E-state index in [1.165, 1.54) is 50.3 Å². The van der Waals surface area contributed by atoms with Gasteiger partial charge in [0.1, 0.15) is 0 Å². The van der Waals surface area contributed by atoms with Crippen LogP contribution in [0, 0.1) is 5.41 Å². The number of hydrogen-bond acceptors (Lipinski definition) is 1. The third-order valence-corrected chi connectivity index (χ3v) is 9.43. The van der Waals surface area contributed by atoms with Crippen molar-refractivity contribution in [3.05, 3.63) is 108 Å². The molecule has 4 aromatic carbocycles. The molecule has 0 bridgehead atoms. The van der Waals surface area contributed by atoms with Crippen molar-refractivity contribution in [2.24, 2.45) is 5.41 Å². The number of hydrogen-bond donors (Lipinski definition) is 0. The van der Waals surface area contributed by atoms with Crippen LogP contribution in [0.5, 0.6) is 0 Å². The van der Waals surface area contributed by atoms with Gasteiger partial charge >= 0.3 is 0 Å². The van der Waals surface area contributed by atoms with Gasteiger partial charge in [-0.3, -0.25) is 0 Å². The molecule has 6 rings (SSSR count). The molecular formula is C39H45N. The summed E-state index contributed by atoms with van der Waals surface area (Å²) in [4.78, 5) is 2.54. The number of para-hydroxylation sites is 1. The summed E-state index contributed by atoms with van der Waals surface area (Å²) in [5.74, 6) is -0.632. The summed E-state index contributed by atoms with van der Waals surface area (Å²) in [5, 5.41) is 0. The first-order chi connectivity index (χ1) is 19.3. The van der Waals surface area contributed by atoms with Crippen molar-refractivity contribution in [1.29, 1.82) is 0 Å². The molecule has 0 atom stereocenters. The van der Waals surface area contributed by atoms with E-state index in [0.717, 1.165) is 25.7 Å². The van der Waals surface area contributed by atoms with Gasteiger partial charge in [-0.25, -0.2) is 0 Å². The van der Waals surface area contributed by atoms with Gasteiger partial charge in [-0.15, -0.1) is 0 Å². The minimum absolute atomic E-state index is 0.106. The third-order valence-electron chi connectivity index (χ3n) is 9.43. The Morgan fingerprint density at radius 2 is 1.27 bits per heavy atom. The summed E-state index contributed by atoms with van der Waals surface area (Å²) in [6.07, 6.45) is 3.92. The molecule has 0 spiro atoms. The molecule has 0 aromatic heterocycles. The van der Waals surface area contributed by atoms with Gasteiger partial charge < -0.3 is 4.90 Å². The summed E-state index contributed by atoms with van der Waals surface area (Å²) < 4.78 is 10.1. The monoisotopic (exact) mass is 528 g/mol. The van der Waals surface area contributed by atoms with E-state index in [-0.39, 0.29) is 11.0 Å². The van der Waals surface area contributed by atoms with Gasteiger partial charge in [0.2, 0.25) is 0 Å². The zero-order chi connectivity index (χ0) is 29.2. The molecule has 0 unspecified atom stereocenters. The molecule has 1 heteroatoms. The molecule has 0 radical (unpaired) electrons. The molecule has 0 amide bonds. The first-order valence-corrected chi connectivity index (χ1v) is 15.1. The SMILES string of the molecule is [2H]C1(c2cc3c(cc2N(c2ccccc2-c2ccccc2)C(C)(C)C)C(C)(C)c2ccccc2-3)CCC(C)(C)CC1. The van der Waals surface area contributed by atoms with Crippen LogP contribution in [0.25, 0.3) is 22.3 Å². The Bertz CT molecular complexity index is 1580. The third kappa shape index (κ3) is 4.58. The molecule has 0 saturated heterocycles. The minimum Gasteiger partial charge on any atom is -0.335 e. The van der Waals surface area contributed by atoms with Gasteiger partial charge in [0.05, 0.1) is 0 Å². The number of nitrogens with zero attached hydrogens (tertiary/aromatic N) is 1. The maximum absolute atomic E-state index is 10.1. The van der Waals surface area contributed by atoms with Gasteiger partial charge in [-0.2, -0.15) is 0 Å². The van der Waals surface area contributed by atoms with Crippen molar-refractivity contribution in [3.63, 3.8) is 0 Å². The second kappa shape index (κ2) is 9.65. The maximum atomic E-state index is 10.1. The maximum Gasteiger partial charge on any atom is 0.0495 e. The Labute approximate surface area is 243 Å². The smallest absolute Gasteiger partial charge is 0.0495 e. The Hall–Kier alpha value is -3.32. The first-order valence-electron chi connectivity index (χ1n) is 15.6. The van der Waals surface area contributed by atoms with Gasteiger partial charge in [0, 0.05) is 29.3 Å². The van der Waals surface area contributed by atoms with Crippen LogP contribution in [-0.2, 0) is 5.41 Å². The highest BCUT2D eigenvalue weighted by molar-refractivity contribution is 5.88. The van der Waals surface area contributed by atoms with E-state index in [1.54, 1.807) is 0 Å². The summed E-state index contributed by atoms with van der Waals surface area (Å²) in [5.41, 5.74) is 11.4. The summed E-state index contributed by atoms with van der Waals surface area (Å²) in [6.45, 7) is 16.4. The van der Waals surface area contributed by atoms with Crippen molar-refractivity contribution in [2.75, 3.05) is 4.90 Å². The first kappa shape index (κ1) is 25.6. The molecule has 0 N–H and O–H groups in total. The highest BCUT2D eigenvalue weighted by Gasteiger charge is 2.39. The Balaban J connectivity index is 1.64. The second-order valence-electron chi connectivity index (χ2n) is 14.2. The molecule has 1 saturated carbocycles. The van der Waals surface area contributed by atoms with E-state index in [9.17, 15) is 1.37 Å². The second-order valence-corrected chi connectivity index (χ2v) is 14.2. The van der Waals surface area contributed by atoms with Crippen LogP contribution < -0.4 is 4.90 Å². The zero-order valence-electron chi connectivity index (χ0n) is 26.4. The van der Waals surface area contributed by atoms with Crippen molar-refractivity contribution < 1.29 is 1.37 Å². The zero-order valence-corrected chi connectivity index (χ0v) is 25.4. The van der Waals surface area contributed by atoms with E-state index in [1.807, 2.05) is 0 Å². The molecular weight excluding hydrogens is 482 g/mol. The van der Waals surface area contributed by atoms with Crippen molar-refractivity contribution >= 4 is 11.4 Å². The molecule has 4 aromatic rings. The van der Waals surface area contributed by atoms with Crippen molar-refractivity contribution in [3.8, 4) is 22.3 Å². The van der Waals surface area contributed by atoms with E-state index in [0.29, 0.717) is 5.41 Å². The fourth-order valence-electron chi connectivity index (χ4n) is 7.09.